The SMILES string of the molecule is CC1(C(N)=O)CN(C(=O)c2cc(F)c(F)c(F)c2F)C1. The standard InChI is InChI=1S/C12H10F4N2O2/c1-12(11(17)20)3-18(4-12)10(19)5-2-6(13)8(15)9(16)7(5)14/h2H,3-4H2,1H3,(H2,17,20). The molecule has 0 radical (unpaired) electrons. The van der Waals surface area contributed by atoms with Crippen LogP contribution in [0.15, 0.2) is 6.07 Å². The first-order chi connectivity index (χ1) is 9.17. The summed E-state index contributed by atoms with van der Waals surface area (Å²) in [6.07, 6.45) is 0. The van der Waals surface area contributed by atoms with Crippen LogP contribution in [0.25, 0.3) is 0 Å². The summed E-state index contributed by atoms with van der Waals surface area (Å²) in [5.74, 6) is -9.12. The van der Waals surface area contributed by atoms with Gasteiger partial charge < -0.3 is 10.6 Å². The molecule has 0 unspecified atom stereocenters. The number of halogens is 4. The number of hydrogen-bond donors (Lipinski definition) is 1. The number of amides is 2. The molecule has 0 spiro atoms. The summed E-state index contributed by atoms with van der Waals surface area (Å²) in [5, 5.41) is 0. The molecule has 1 heterocycles. The molecule has 8 heteroatoms. The van der Waals surface area contributed by atoms with Gasteiger partial charge in [0.15, 0.2) is 23.3 Å². The van der Waals surface area contributed by atoms with Gasteiger partial charge in [0, 0.05) is 13.1 Å². The highest BCUT2D eigenvalue weighted by Gasteiger charge is 2.46. The molecule has 0 saturated carbocycles. The third-order valence-corrected chi connectivity index (χ3v) is 3.29. The summed E-state index contributed by atoms with van der Waals surface area (Å²) < 4.78 is 52.3. The molecule has 1 aromatic rings. The first kappa shape index (κ1) is 14.3. The van der Waals surface area contributed by atoms with Crippen molar-refractivity contribution in [2.45, 2.75) is 6.92 Å². The van der Waals surface area contributed by atoms with Gasteiger partial charge in [0.2, 0.25) is 5.91 Å². The van der Waals surface area contributed by atoms with Crippen LogP contribution in [-0.4, -0.2) is 29.8 Å². The molecule has 1 aliphatic rings. The van der Waals surface area contributed by atoms with Gasteiger partial charge in [-0.1, -0.05) is 0 Å². The van der Waals surface area contributed by atoms with Crippen LogP contribution in [0.4, 0.5) is 17.6 Å². The van der Waals surface area contributed by atoms with Crippen molar-refractivity contribution in [1.82, 2.24) is 4.90 Å². The highest BCUT2D eigenvalue weighted by atomic mass is 19.2. The topological polar surface area (TPSA) is 63.4 Å². The lowest BCUT2D eigenvalue weighted by Crippen LogP contribution is -2.62. The molecule has 1 saturated heterocycles. The predicted molar refractivity (Wildman–Crippen MR) is 59.5 cm³/mol. The molecular weight excluding hydrogens is 280 g/mol. The number of nitrogens with two attached hydrogens (primary N) is 1. The lowest BCUT2D eigenvalue weighted by atomic mass is 9.81. The zero-order chi connectivity index (χ0) is 15.2. The Labute approximate surface area is 111 Å². The molecule has 1 fully saturated rings. The number of nitrogens with zero attached hydrogens (tertiary/aromatic N) is 1. The van der Waals surface area contributed by atoms with Crippen molar-refractivity contribution in [1.29, 1.82) is 0 Å². The molecule has 4 nitrogen and oxygen atoms in total. The van der Waals surface area contributed by atoms with E-state index in [0.29, 0.717) is 0 Å². The fourth-order valence-corrected chi connectivity index (χ4v) is 1.99. The van der Waals surface area contributed by atoms with E-state index in [0.717, 1.165) is 4.90 Å². The molecule has 1 aliphatic heterocycles. The molecule has 2 amide bonds. The fraction of sp³-hybridized carbons (Fsp3) is 0.333. The normalized spacial score (nSPS) is 16.8. The van der Waals surface area contributed by atoms with Crippen LogP contribution in [0.2, 0.25) is 0 Å². The number of carbonyl (C=O) groups is 2. The maximum atomic E-state index is 13.4. The molecule has 0 atom stereocenters. The van der Waals surface area contributed by atoms with Gasteiger partial charge in [-0.05, 0) is 13.0 Å². The summed E-state index contributed by atoms with van der Waals surface area (Å²) in [6, 6.07) is 0.288. The van der Waals surface area contributed by atoms with Crippen LogP contribution in [0.5, 0.6) is 0 Å². The summed E-state index contributed by atoms with van der Waals surface area (Å²) in [5.41, 5.74) is 3.23. The summed E-state index contributed by atoms with van der Waals surface area (Å²) in [6.45, 7) is 1.31. The predicted octanol–water partition coefficient (Wildman–Crippen LogP) is 1.19. The average molecular weight is 290 g/mol. The van der Waals surface area contributed by atoms with E-state index in [1.54, 1.807) is 0 Å². The van der Waals surface area contributed by atoms with Gasteiger partial charge in [-0.15, -0.1) is 0 Å². The van der Waals surface area contributed by atoms with Crippen molar-refractivity contribution >= 4 is 11.8 Å². The molecule has 0 aromatic heterocycles. The zero-order valence-corrected chi connectivity index (χ0v) is 10.3. The van der Waals surface area contributed by atoms with Crippen LogP contribution in [0, 0.1) is 28.7 Å². The third kappa shape index (κ3) is 2.00. The lowest BCUT2D eigenvalue weighted by Gasteiger charge is -2.45. The van der Waals surface area contributed by atoms with Gasteiger partial charge in [-0.25, -0.2) is 17.6 Å². The molecule has 0 bridgehead atoms. The molecule has 20 heavy (non-hydrogen) atoms. The molecule has 2 N–H and O–H groups in total. The molecule has 1 aromatic carbocycles. The van der Waals surface area contributed by atoms with Crippen LogP contribution in [0.1, 0.15) is 17.3 Å². The van der Waals surface area contributed by atoms with Gasteiger partial charge in [0.1, 0.15) is 0 Å². The smallest absolute Gasteiger partial charge is 0.257 e. The van der Waals surface area contributed by atoms with E-state index in [1.165, 1.54) is 6.92 Å². The second-order valence-electron chi connectivity index (χ2n) is 4.93. The monoisotopic (exact) mass is 290 g/mol. The van der Waals surface area contributed by atoms with E-state index in [4.69, 9.17) is 5.73 Å². The van der Waals surface area contributed by atoms with Gasteiger partial charge >= 0.3 is 0 Å². The van der Waals surface area contributed by atoms with E-state index in [1.807, 2.05) is 0 Å². The number of rotatable bonds is 2. The highest BCUT2D eigenvalue weighted by Crippen LogP contribution is 2.31. The highest BCUT2D eigenvalue weighted by molar-refractivity contribution is 5.97. The number of primary amides is 1. The Morgan fingerprint density at radius 3 is 2.20 bits per heavy atom. The summed E-state index contributed by atoms with van der Waals surface area (Å²) in [7, 11) is 0. The number of hydrogen-bond acceptors (Lipinski definition) is 2. The van der Waals surface area contributed by atoms with Crippen LogP contribution in [0.3, 0.4) is 0 Å². The molecule has 108 valence electrons. The Morgan fingerprint density at radius 2 is 1.70 bits per heavy atom. The Bertz CT molecular complexity index is 612. The van der Waals surface area contributed by atoms with Gasteiger partial charge in [0.05, 0.1) is 11.0 Å². The van der Waals surface area contributed by atoms with Crippen molar-refractivity contribution in [3.05, 3.63) is 34.9 Å². The Morgan fingerprint density at radius 1 is 1.15 bits per heavy atom. The van der Waals surface area contributed by atoms with Crippen molar-refractivity contribution < 1.29 is 27.2 Å². The zero-order valence-electron chi connectivity index (χ0n) is 10.3. The first-order valence-corrected chi connectivity index (χ1v) is 5.59. The van der Waals surface area contributed by atoms with Crippen molar-refractivity contribution in [3.8, 4) is 0 Å². The van der Waals surface area contributed by atoms with Crippen molar-refractivity contribution in [2.24, 2.45) is 11.1 Å². The average Bonchev–Trinajstić information content (AvgIpc) is 2.35. The minimum Gasteiger partial charge on any atom is -0.369 e. The van der Waals surface area contributed by atoms with E-state index < -0.39 is 46.1 Å². The fourth-order valence-electron chi connectivity index (χ4n) is 1.99. The Hall–Kier alpha value is -2.12. The van der Waals surface area contributed by atoms with Gasteiger partial charge in [-0.2, -0.15) is 0 Å². The number of likely N-dealkylation sites (tertiary alicyclic amines) is 1. The van der Waals surface area contributed by atoms with E-state index in [9.17, 15) is 27.2 Å². The van der Waals surface area contributed by atoms with E-state index in [-0.39, 0.29) is 19.2 Å². The summed E-state index contributed by atoms with van der Waals surface area (Å²) in [4.78, 5) is 23.9. The largest absolute Gasteiger partial charge is 0.369 e. The van der Waals surface area contributed by atoms with Crippen LogP contribution >= 0.6 is 0 Å². The van der Waals surface area contributed by atoms with Crippen LogP contribution < -0.4 is 5.73 Å². The second kappa shape index (κ2) is 4.46. The lowest BCUT2D eigenvalue weighted by molar-refractivity contribution is -0.134. The first-order valence-electron chi connectivity index (χ1n) is 5.59. The Kier molecular flexibility index (Phi) is 3.19. The van der Waals surface area contributed by atoms with Gasteiger partial charge in [-0.3, -0.25) is 9.59 Å². The minimum atomic E-state index is -2.05. The van der Waals surface area contributed by atoms with E-state index in [2.05, 4.69) is 0 Å². The number of carbonyl (C=O) groups excluding carboxylic acids is 2. The maximum absolute atomic E-state index is 13.4. The van der Waals surface area contributed by atoms with Crippen molar-refractivity contribution in [3.63, 3.8) is 0 Å². The summed E-state index contributed by atoms with van der Waals surface area (Å²) >= 11 is 0. The maximum Gasteiger partial charge on any atom is 0.257 e. The van der Waals surface area contributed by atoms with Crippen molar-refractivity contribution in [2.75, 3.05) is 13.1 Å². The minimum absolute atomic E-state index is 0.0960. The van der Waals surface area contributed by atoms with Crippen LogP contribution in [-0.2, 0) is 4.79 Å². The van der Waals surface area contributed by atoms with Gasteiger partial charge in [0.25, 0.3) is 5.91 Å². The quantitative estimate of drug-likeness (QED) is 0.505. The number of benzene rings is 1. The molecule has 2 rings (SSSR count). The molecule has 0 aliphatic carbocycles. The second-order valence-corrected chi connectivity index (χ2v) is 4.93. The molecular formula is C12H10F4N2O2. The third-order valence-electron chi connectivity index (χ3n) is 3.29. The van der Waals surface area contributed by atoms with E-state index >= 15 is 0 Å². The Balaban J connectivity index is 2.27.